The molecular formula is C21H20N2O3S2. The third-order valence-electron chi connectivity index (χ3n) is 4.26. The highest BCUT2D eigenvalue weighted by Gasteiger charge is 2.33. The van der Waals surface area contributed by atoms with E-state index < -0.39 is 5.91 Å². The van der Waals surface area contributed by atoms with Gasteiger partial charge in [-0.3, -0.25) is 15.0 Å². The summed E-state index contributed by atoms with van der Waals surface area (Å²) in [4.78, 5) is 25.6. The molecule has 0 atom stereocenters. The quantitative estimate of drug-likeness (QED) is 0.584. The van der Waals surface area contributed by atoms with Gasteiger partial charge in [0.15, 0.2) is 4.32 Å². The van der Waals surface area contributed by atoms with Gasteiger partial charge in [0.05, 0.1) is 12.0 Å². The van der Waals surface area contributed by atoms with E-state index in [4.69, 9.17) is 17.0 Å². The van der Waals surface area contributed by atoms with Crippen LogP contribution in [0.5, 0.6) is 5.75 Å². The van der Waals surface area contributed by atoms with Gasteiger partial charge in [-0.05, 0) is 59.6 Å². The monoisotopic (exact) mass is 412 g/mol. The van der Waals surface area contributed by atoms with Crippen LogP contribution in [0.4, 0.5) is 0 Å². The van der Waals surface area contributed by atoms with Crippen molar-refractivity contribution < 1.29 is 14.3 Å². The number of thiocarbonyl (C=S) groups is 1. The summed E-state index contributed by atoms with van der Waals surface area (Å²) in [6.07, 6.45) is 1.78. The number of nitrogens with zero attached hydrogens (tertiary/aromatic N) is 1. The van der Waals surface area contributed by atoms with Gasteiger partial charge in [0.25, 0.3) is 11.8 Å². The molecule has 0 unspecified atom stereocenters. The molecule has 1 heterocycles. The Morgan fingerprint density at radius 2 is 1.79 bits per heavy atom. The number of hydrogen-bond donors (Lipinski definition) is 1. The summed E-state index contributed by atoms with van der Waals surface area (Å²) in [5.74, 6) is 0.334. The van der Waals surface area contributed by atoms with Crippen molar-refractivity contribution in [3.8, 4) is 5.75 Å². The van der Waals surface area contributed by atoms with Crippen LogP contribution < -0.4 is 10.2 Å². The average Bonchev–Trinajstić information content (AvgIpc) is 2.95. The Morgan fingerprint density at radius 1 is 1.14 bits per heavy atom. The lowest BCUT2D eigenvalue weighted by atomic mass is 10.0. The number of carbonyl (C=O) groups is 2. The van der Waals surface area contributed by atoms with E-state index in [-0.39, 0.29) is 10.2 Å². The molecule has 1 saturated heterocycles. The molecule has 0 saturated carbocycles. The maximum atomic E-state index is 12.7. The molecule has 1 N–H and O–H groups in total. The van der Waals surface area contributed by atoms with E-state index in [1.807, 2.05) is 24.3 Å². The Hall–Kier alpha value is -2.64. The van der Waals surface area contributed by atoms with Crippen molar-refractivity contribution in [2.45, 2.75) is 19.8 Å². The molecule has 0 aromatic heterocycles. The Balaban J connectivity index is 1.72. The van der Waals surface area contributed by atoms with Gasteiger partial charge in [0.2, 0.25) is 0 Å². The highest BCUT2D eigenvalue weighted by molar-refractivity contribution is 8.26. The van der Waals surface area contributed by atoms with Crippen molar-refractivity contribution in [2.24, 2.45) is 0 Å². The first-order valence-corrected chi connectivity index (χ1v) is 9.94. The standard InChI is InChI=1S/C21H20N2O3S2/c1-13(2)15-6-4-14(5-7-15)12-18-20(25)23(21(27)28-18)22-19(24)16-8-10-17(26-3)11-9-16/h4-13H,1-3H3,(H,22,24)/b18-12-. The molecule has 1 fully saturated rings. The maximum absolute atomic E-state index is 12.7. The smallest absolute Gasteiger partial charge is 0.285 e. The van der Waals surface area contributed by atoms with Crippen LogP contribution in [0.3, 0.4) is 0 Å². The van der Waals surface area contributed by atoms with Crippen molar-refractivity contribution in [1.82, 2.24) is 10.4 Å². The van der Waals surface area contributed by atoms with Crippen LogP contribution >= 0.6 is 24.0 Å². The van der Waals surface area contributed by atoms with E-state index in [1.54, 1.807) is 37.5 Å². The third kappa shape index (κ3) is 4.43. The Labute approximate surface area is 173 Å². The van der Waals surface area contributed by atoms with Crippen molar-refractivity contribution >= 4 is 46.2 Å². The molecule has 7 heteroatoms. The fourth-order valence-electron chi connectivity index (χ4n) is 2.60. The molecule has 28 heavy (non-hydrogen) atoms. The first-order valence-electron chi connectivity index (χ1n) is 8.72. The van der Waals surface area contributed by atoms with Crippen LogP contribution in [-0.2, 0) is 4.79 Å². The molecule has 3 rings (SSSR count). The third-order valence-corrected chi connectivity index (χ3v) is 5.56. The number of rotatable bonds is 5. The number of thioether (sulfide) groups is 1. The summed E-state index contributed by atoms with van der Waals surface area (Å²) in [6, 6.07) is 14.6. The molecule has 2 amide bonds. The molecule has 0 radical (unpaired) electrons. The number of methoxy groups -OCH3 is 1. The van der Waals surface area contributed by atoms with Gasteiger partial charge in [0.1, 0.15) is 5.75 Å². The van der Waals surface area contributed by atoms with Crippen LogP contribution in [0, 0.1) is 0 Å². The lowest BCUT2D eigenvalue weighted by molar-refractivity contribution is -0.123. The predicted octanol–water partition coefficient (Wildman–Crippen LogP) is 4.36. The van der Waals surface area contributed by atoms with Crippen LogP contribution in [0.25, 0.3) is 6.08 Å². The van der Waals surface area contributed by atoms with Crippen molar-refractivity contribution in [3.63, 3.8) is 0 Å². The number of nitrogens with one attached hydrogen (secondary N) is 1. The Bertz CT molecular complexity index is 935. The van der Waals surface area contributed by atoms with Gasteiger partial charge in [0, 0.05) is 5.56 Å². The van der Waals surface area contributed by atoms with Gasteiger partial charge in [-0.25, -0.2) is 0 Å². The lowest BCUT2D eigenvalue weighted by Gasteiger charge is -2.15. The average molecular weight is 413 g/mol. The second kappa shape index (κ2) is 8.58. The zero-order chi connectivity index (χ0) is 20.3. The zero-order valence-electron chi connectivity index (χ0n) is 15.8. The SMILES string of the molecule is COc1ccc(C(=O)NN2C(=O)/C(=C/c3ccc(C(C)C)cc3)SC2=S)cc1. The van der Waals surface area contributed by atoms with Crippen LogP contribution in [-0.4, -0.2) is 28.3 Å². The second-order valence-corrected chi connectivity index (χ2v) is 8.18. The minimum Gasteiger partial charge on any atom is -0.497 e. The molecule has 2 aromatic rings. The van der Waals surface area contributed by atoms with Gasteiger partial charge in [-0.1, -0.05) is 49.9 Å². The Morgan fingerprint density at radius 3 is 2.36 bits per heavy atom. The minimum absolute atomic E-state index is 0.289. The molecular weight excluding hydrogens is 392 g/mol. The van der Waals surface area contributed by atoms with Gasteiger partial charge in [-0.15, -0.1) is 0 Å². The van der Waals surface area contributed by atoms with Crippen LogP contribution in [0.15, 0.2) is 53.4 Å². The second-order valence-electron chi connectivity index (χ2n) is 6.51. The lowest BCUT2D eigenvalue weighted by Crippen LogP contribution is -2.44. The summed E-state index contributed by atoms with van der Waals surface area (Å²) < 4.78 is 5.37. The maximum Gasteiger partial charge on any atom is 0.285 e. The first-order chi connectivity index (χ1) is 13.4. The molecule has 0 spiro atoms. The van der Waals surface area contributed by atoms with E-state index in [9.17, 15) is 9.59 Å². The minimum atomic E-state index is -0.415. The van der Waals surface area contributed by atoms with Crippen LogP contribution in [0.2, 0.25) is 0 Å². The molecule has 0 bridgehead atoms. The molecule has 0 aliphatic carbocycles. The molecule has 5 nitrogen and oxygen atoms in total. The number of hydrogen-bond acceptors (Lipinski definition) is 5. The summed E-state index contributed by atoms with van der Waals surface area (Å²) in [5.41, 5.74) is 5.12. The number of hydrazine groups is 1. The fourth-order valence-corrected chi connectivity index (χ4v) is 3.78. The van der Waals surface area contributed by atoms with E-state index in [1.165, 1.54) is 5.56 Å². The van der Waals surface area contributed by atoms with E-state index in [0.717, 1.165) is 22.3 Å². The van der Waals surface area contributed by atoms with Crippen molar-refractivity contribution in [1.29, 1.82) is 0 Å². The predicted molar refractivity (Wildman–Crippen MR) is 116 cm³/mol. The zero-order valence-corrected chi connectivity index (χ0v) is 17.4. The highest BCUT2D eigenvalue weighted by Crippen LogP contribution is 2.31. The van der Waals surface area contributed by atoms with Crippen LogP contribution in [0.1, 0.15) is 41.3 Å². The highest BCUT2D eigenvalue weighted by atomic mass is 32.2. The topological polar surface area (TPSA) is 58.6 Å². The molecule has 1 aliphatic heterocycles. The molecule has 144 valence electrons. The van der Waals surface area contributed by atoms with Crippen molar-refractivity contribution in [2.75, 3.05) is 7.11 Å². The van der Waals surface area contributed by atoms with E-state index in [0.29, 0.717) is 22.1 Å². The number of benzene rings is 2. The number of carbonyl (C=O) groups excluding carboxylic acids is 2. The molecule has 2 aromatic carbocycles. The summed E-state index contributed by atoms with van der Waals surface area (Å²) >= 11 is 6.43. The van der Waals surface area contributed by atoms with Gasteiger partial charge < -0.3 is 4.74 Å². The normalized spacial score (nSPS) is 15.4. The fraction of sp³-hybridized carbons (Fsp3) is 0.190. The molecule has 1 aliphatic rings. The first kappa shape index (κ1) is 20.1. The van der Waals surface area contributed by atoms with Crippen molar-refractivity contribution in [3.05, 3.63) is 70.1 Å². The number of ether oxygens (including phenoxy) is 1. The van der Waals surface area contributed by atoms with E-state index >= 15 is 0 Å². The number of amides is 2. The van der Waals surface area contributed by atoms with Gasteiger partial charge >= 0.3 is 0 Å². The van der Waals surface area contributed by atoms with Gasteiger partial charge in [-0.2, -0.15) is 5.01 Å². The summed E-state index contributed by atoms with van der Waals surface area (Å²) in [6.45, 7) is 4.26. The Kier molecular flexibility index (Phi) is 6.16. The summed E-state index contributed by atoms with van der Waals surface area (Å²) in [5, 5.41) is 1.11. The van der Waals surface area contributed by atoms with E-state index in [2.05, 4.69) is 19.3 Å². The largest absolute Gasteiger partial charge is 0.497 e. The summed E-state index contributed by atoms with van der Waals surface area (Å²) in [7, 11) is 1.55.